The summed E-state index contributed by atoms with van der Waals surface area (Å²) in [5.74, 6) is 0.0818. The van der Waals surface area contributed by atoms with E-state index in [4.69, 9.17) is 4.98 Å². The van der Waals surface area contributed by atoms with E-state index in [-0.39, 0.29) is 18.0 Å². The van der Waals surface area contributed by atoms with E-state index in [9.17, 15) is 4.79 Å². The molecular formula is C26H26N4OS. The van der Waals surface area contributed by atoms with Gasteiger partial charge in [-0.3, -0.25) is 9.78 Å². The normalized spacial score (nSPS) is 17.1. The highest BCUT2D eigenvalue weighted by Gasteiger charge is 2.33. The molecule has 3 heterocycles. The molecule has 2 aromatic carbocycles. The van der Waals surface area contributed by atoms with Crippen LogP contribution in [0.1, 0.15) is 52.8 Å². The molecule has 2 unspecified atom stereocenters. The van der Waals surface area contributed by atoms with Crippen LogP contribution in [0.2, 0.25) is 0 Å². The lowest BCUT2D eigenvalue weighted by atomic mass is 10.0. The maximum atomic E-state index is 13.5. The SMILES string of the molecule is CNC(C)c1cccc(C(=O)N2CCCC2c2nc3c(-c4ccccc4)nccc3s2)c1. The first-order valence-corrected chi connectivity index (χ1v) is 11.9. The molecule has 1 fully saturated rings. The van der Waals surface area contributed by atoms with E-state index in [0.717, 1.165) is 57.0 Å². The van der Waals surface area contributed by atoms with Crippen LogP contribution in [0.15, 0.2) is 66.9 Å². The first-order chi connectivity index (χ1) is 15.7. The smallest absolute Gasteiger partial charge is 0.254 e. The Morgan fingerprint density at radius 1 is 1.16 bits per heavy atom. The maximum absolute atomic E-state index is 13.5. The zero-order valence-corrected chi connectivity index (χ0v) is 19.1. The summed E-state index contributed by atoms with van der Waals surface area (Å²) >= 11 is 1.68. The quantitative estimate of drug-likeness (QED) is 0.436. The van der Waals surface area contributed by atoms with Crippen LogP contribution in [0.25, 0.3) is 21.5 Å². The molecule has 0 aliphatic carbocycles. The predicted molar refractivity (Wildman–Crippen MR) is 130 cm³/mol. The second-order valence-corrected chi connectivity index (χ2v) is 9.28. The van der Waals surface area contributed by atoms with Crippen molar-refractivity contribution >= 4 is 27.5 Å². The fourth-order valence-corrected chi connectivity index (χ4v) is 5.47. The number of aromatic nitrogens is 2. The standard InChI is InChI=1S/C26H26N4OS/c1-17(27-2)19-10-6-11-20(16-19)26(31)30-15-7-12-21(30)25-29-24-22(32-25)13-14-28-23(24)18-8-4-3-5-9-18/h3-6,8-11,13-14,16-17,21,27H,7,12,15H2,1-2H3. The number of carbonyl (C=O) groups is 1. The molecule has 1 saturated heterocycles. The molecule has 0 radical (unpaired) electrons. The van der Waals surface area contributed by atoms with Crippen LogP contribution in [0.3, 0.4) is 0 Å². The van der Waals surface area contributed by atoms with E-state index >= 15 is 0 Å². The average molecular weight is 443 g/mol. The molecule has 0 saturated carbocycles. The molecule has 2 atom stereocenters. The minimum atomic E-state index is 0.00824. The molecule has 5 rings (SSSR count). The van der Waals surface area contributed by atoms with Gasteiger partial charge in [-0.25, -0.2) is 4.98 Å². The minimum Gasteiger partial charge on any atom is -0.329 e. The number of likely N-dealkylation sites (tertiary alicyclic amines) is 1. The van der Waals surface area contributed by atoms with Crippen LogP contribution in [0.4, 0.5) is 0 Å². The maximum Gasteiger partial charge on any atom is 0.254 e. The molecule has 162 valence electrons. The molecular weight excluding hydrogens is 416 g/mol. The number of amides is 1. The number of nitrogens with one attached hydrogen (secondary N) is 1. The third-order valence-corrected chi connectivity index (χ3v) is 7.36. The molecule has 6 heteroatoms. The Morgan fingerprint density at radius 2 is 2.00 bits per heavy atom. The number of carbonyl (C=O) groups excluding carboxylic acids is 1. The highest BCUT2D eigenvalue weighted by atomic mass is 32.1. The van der Waals surface area contributed by atoms with Gasteiger partial charge in [-0.15, -0.1) is 11.3 Å². The number of nitrogens with zero attached hydrogens (tertiary/aromatic N) is 3. The predicted octanol–water partition coefficient (Wildman–Crippen LogP) is 5.62. The van der Waals surface area contributed by atoms with Crippen molar-refractivity contribution < 1.29 is 4.79 Å². The fourth-order valence-electron chi connectivity index (χ4n) is 4.36. The van der Waals surface area contributed by atoms with Crippen LogP contribution >= 0.6 is 11.3 Å². The van der Waals surface area contributed by atoms with Gasteiger partial charge in [0.2, 0.25) is 0 Å². The van der Waals surface area contributed by atoms with Gasteiger partial charge in [0, 0.05) is 29.9 Å². The van der Waals surface area contributed by atoms with Crippen LogP contribution in [-0.2, 0) is 0 Å². The molecule has 1 aliphatic heterocycles. The van der Waals surface area contributed by atoms with Crippen molar-refractivity contribution in [1.29, 1.82) is 0 Å². The summed E-state index contributed by atoms with van der Waals surface area (Å²) < 4.78 is 1.11. The zero-order valence-electron chi connectivity index (χ0n) is 18.3. The largest absolute Gasteiger partial charge is 0.329 e. The first-order valence-electron chi connectivity index (χ1n) is 11.0. The van der Waals surface area contributed by atoms with Crippen molar-refractivity contribution in [2.45, 2.75) is 31.8 Å². The molecule has 4 aromatic rings. The Balaban J connectivity index is 1.48. The van der Waals surface area contributed by atoms with Crippen molar-refractivity contribution in [1.82, 2.24) is 20.2 Å². The Kier molecular flexibility index (Phi) is 5.72. The van der Waals surface area contributed by atoms with Crippen molar-refractivity contribution in [3.63, 3.8) is 0 Å². The van der Waals surface area contributed by atoms with Crippen molar-refractivity contribution in [2.24, 2.45) is 0 Å². The lowest BCUT2D eigenvalue weighted by molar-refractivity contribution is 0.0735. The summed E-state index contributed by atoms with van der Waals surface area (Å²) in [6.07, 6.45) is 3.77. The van der Waals surface area contributed by atoms with Gasteiger partial charge in [-0.05, 0) is 50.6 Å². The average Bonchev–Trinajstić information content (AvgIpc) is 3.50. The number of thiazole rings is 1. The Hall–Kier alpha value is -3.09. The van der Waals surface area contributed by atoms with Crippen LogP contribution in [0, 0.1) is 0 Å². The van der Waals surface area contributed by atoms with Gasteiger partial charge < -0.3 is 10.2 Å². The Bertz CT molecular complexity index is 1250. The van der Waals surface area contributed by atoms with Crippen molar-refractivity contribution in [2.75, 3.05) is 13.6 Å². The van der Waals surface area contributed by atoms with E-state index in [2.05, 4.69) is 35.4 Å². The topological polar surface area (TPSA) is 58.1 Å². The van der Waals surface area contributed by atoms with E-state index in [1.54, 1.807) is 11.3 Å². The number of pyridine rings is 1. The summed E-state index contributed by atoms with van der Waals surface area (Å²) in [5.41, 5.74) is 4.74. The van der Waals surface area contributed by atoms with Crippen LogP contribution < -0.4 is 5.32 Å². The molecule has 1 aliphatic rings. The summed E-state index contributed by atoms with van der Waals surface area (Å²) in [5, 5.41) is 4.24. The van der Waals surface area contributed by atoms with E-state index in [1.165, 1.54) is 0 Å². The van der Waals surface area contributed by atoms with Gasteiger partial charge in [0.05, 0.1) is 16.4 Å². The Morgan fingerprint density at radius 3 is 2.81 bits per heavy atom. The van der Waals surface area contributed by atoms with Gasteiger partial charge >= 0.3 is 0 Å². The third-order valence-electron chi connectivity index (χ3n) is 6.24. The lowest BCUT2D eigenvalue weighted by Gasteiger charge is -2.23. The van der Waals surface area contributed by atoms with Crippen molar-refractivity contribution in [3.8, 4) is 11.3 Å². The van der Waals surface area contributed by atoms with Gasteiger partial charge in [-0.1, -0.05) is 42.5 Å². The first kappa shape index (κ1) is 20.8. The number of rotatable bonds is 5. The second kappa shape index (κ2) is 8.81. The summed E-state index contributed by atoms with van der Waals surface area (Å²) in [4.78, 5) is 25.1. The van der Waals surface area contributed by atoms with Gasteiger partial charge in [-0.2, -0.15) is 0 Å². The number of benzene rings is 2. The summed E-state index contributed by atoms with van der Waals surface area (Å²) in [6.45, 7) is 2.86. The summed E-state index contributed by atoms with van der Waals surface area (Å²) in [6, 6.07) is 20.3. The molecule has 32 heavy (non-hydrogen) atoms. The molecule has 1 N–H and O–H groups in total. The minimum absolute atomic E-state index is 0.00824. The van der Waals surface area contributed by atoms with Crippen LogP contribution in [0.5, 0.6) is 0 Å². The highest BCUT2D eigenvalue weighted by molar-refractivity contribution is 7.18. The number of hydrogen-bond acceptors (Lipinski definition) is 5. The monoisotopic (exact) mass is 442 g/mol. The molecule has 2 aromatic heterocycles. The molecule has 1 amide bonds. The third kappa shape index (κ3) is 3.80. The number of hydrogen-bond donors (Lipinski definition) is 1. The van der Waals surface area contributed by atoms with E-state index in [1.807, 2.05) is 60.6 Å². The van der Waals surface area contributed by atoms with E-state index in [0.29, 0.717) is 0 Å². The van der Waals surface area contributed by atoms with Gasteiger partial charge in [0.1, 0.15) is 10.5 Å². The Labute approximate surface area is 192 Å². The second-order valence-electron chi connectivity index (χ2n) is 8.22. The van der Waals surface area contributed by atoms with E-state index < -0.39 is 0 Å². The van der Waals surface area contributed by atoms with Crippen LogP contribution in [-0.4, -0.2) is 34.4 Å². The van der Waals surface area contributed by atoms with Gasteiger partial charge in [0.25, 0.3) is 5.91 Å². The fraction of sp³-hybridized carbons (Fsp3) is 0.269. The number of fused-ring (bicyclic) bond motifs is 1. The molecule has 0 bridgehead atoms. The molecule has 0 spiro atoms. The molecule has 5 nitrogen and oxygen atoms in total. The van der Waals surface area contributed by atoms with Crippen molar-refractivity contribution in [3.05, 3.63) is 83.0 Å². The van der Waals surface area contributed by atoms with Gasteiger partial charge in [0.15, 0.2) is 0 Å². The summed E-state index contributed by atoms with van der Waals surface area (Å²) in [7, 11) is 1.93. The highest BCUT2D eigenvalue weighted by Crippen LogP contribution is 2.39. The lowest BCUT2D eigenvalue weighted by Crippen LogP contribution is -2.30. The zero-order chi connectivity index (χ0) is 22.1.